The van der Waals surface area contributed by atoms with Crippen molar-refractivity contribution in [3.8, 4) is 0 Å². The van der Waals surface area contributed by atoms with Crippen LogP contribution in [0, 0.1) is 17.8 Å². The van der Waals surface area contributed by atoms with Crippen LogP contribution in [0.1, 0.15) is 318 Å². The van der Waals surface area contributed by atoms with E-state index in [1.807, 2.05) is 0 Å². The van der Waals surface area contributed by atoms with Crippen LogP contribution in [0.3, 0.4) is 0 Å². The Kier molecular flexibility index (Phi) is 48.1. The van der Waals surface area contributed by atoms with Crippen LogP contribution >= 0.6 is 0 Å². The summed E-state index contributed by atoms with van der Waals surface area (Å²) < 4.78 is 16.9. The third-order valence-corrected chi connectivity index (χ3v) is 13.5. The molecule has 6 heteroatoms. The van der Waals surface area contributed by atoms with Gasteiger partial charge in [0.15, 0.2) is 6.10 Å². The standard InChI is InChI=1S/C58H112O6/c1-7-54(6)46-40-34-28-21-17-13-9-11-15-19-23-30-36-42-48-57(60)63-51-55(64-58(61)49-43-37-31-25-24-27-33-39-45-53(4)5)50-62-56(59)47-41-35-29-22-18-14-10-8-12-16-20-26-32-38-44-52(2)3/h52-55H,7-51H2,1-6H3/t54?,55-/m1/s1. The molecule has 64 heavy (non-hydrogen) atoms. The van der Waals surface area contributed by atoms with Gasteiger partial charge in [0.05, 0.1) is 0 Å². The van der Waals surface area contributed by atoms with Gasteiger partial charge in [-0.1, -0.05) is 279 Å². The van der Waals surface area contributed by atoms with Gasteiger partial charge in [-0.15, -0.1) is 0 Å². The zero-order chi connectivity index (χ0) is 47.0. The lowest BCUT2D eigenvalue weighted by atomic mass is 9.99. The quantitative estimate of drug-likeness (QED) is 0.0344. The Labute approximate surface area is 399 Å². The molecule has 0 saturated heterocycles. The van der Waals surface area contributed by atoms with Crippen LogP contribution in [-0.2, 0) is 28.6 Å². The molecule has 380 valence electrons. The van der Waals surface area contributed by atoms with Gasteiger partial charge >= 0.3 is 17.9 Å². The molecule has 0 rings (SSSR count). The molecule has 0 radical (unpaired) electrons. The van der Waals surface area contributed by atoms with Crippen LogP contribution in [0.25, 0.3) is 0 Å². The highest BCUT2D eigenvalue weighted by Crippen LogP contribution is 2.19. The van der Waals surface area contributed by atoms with Crippen molar-refractivity contribution in [2.24, 2.45) is 17.8 Å². The Hall–Kier alpha value is -1.59. The first kappa shape index (κ1) is 62.4. The molecule has 1 unspecified atom stereocenters. The summed E-state index contributed by atoms with van der Waals surface area (Å²) in [5, 5.41) is 0. The van der Waals surface area contributed by atoms with Crippen LogP contribution in [0.4, 0.5) is 0 Å². The van der Waals surface area contributed by atoms with Crippen LogP contribution in [-0.4, -0.2) is 37.2 Å². The first-order chi connectivity index (χ1) is 31.1. The lowest BCUT2D eigenvalue weighted by Gasteiger charge is -2.18. The topological polar surface area (TPSA) is 78.9 Å². The summed E-state index contributed by atoms with van der Waals surface area (Å²) in [4.78, 5) is 38.1. The second-order valence-electron chi connectivity index (χ2n) is 21.1. The van der Waals surface area contributed by atoms with Gasteiger partial charge in [0, 0.05) is 19.3 Å². The van der Waals surface area contributed by atoms with Gasteiger partial charge in [0.2, 0.25) is 0 Å². The van der Waals surface area contributed by atoms with Crippen molar-refractivity contribution in [1.82, 2.24) is 0 Å². The average Bonchev–Trinajstić information content (AvgIpc) is 3.27. The van der Waals surface area contributed by atoms with Gasteiger partial charge < -0.3 is 14.2 Å². The molecule has 0 aromatic carbocycles. The van der Waals surface area contributed by atoms with Crippen molar-refractivity contribution in [3.63, 3.8) is 0 Å². The summed E-state index contributed by atoms with van der Waals surface area (Å²) in [5.74, 6) is 1.69. The molecule has 0 aliphatic carbocycles. The van der Waals surface area contributed by atoms with Gasteiger partial charge in [-0.2, -0.15) is 0 Å². The van der Waals surface area contributed by atoms with Crippen molar-refractivity contribution < 1.29 is 28.6 Å². The van der Waals surface area contributed by atoms with Gasteiger partial charge in [0.25, 0.3) is 0 Å². The second-order valence-corrected chi connectivity index (χ2v) is 21.1. The van der Waals surface area contributed by atoms with Crippen molar-refractivity contribution in [1.29, 1.82) is 0 Å². The lowest BCUT2D eigenvalue weighted by molar-refractivity contribution is -0.167. The van der Waals surface area contributed by atoms with Crippen molar-refractivity contribution >= 4 is 17.9 Å². The molecular formula is C58H112O6. The lowest BCUT2D eigenvalue weighted by Crippen LogP contribution is -2.30. The number of hydrogen-bond donors (Lipinski definition) is 0. The van der Waals surface area contributed by atoms with Gasteiger partial charge in [-0.05, 0) is 37.0 Å². The molecule has 6 nitrogen and oxygen atoms in total. The predicted molar refractivity (Wildman–Crippen MR) is 275 cm³/mol. The molecule has 0 aliphatic rings. The minimum absolute atomic E-state index is 0.0641. The zero-order valence-electron chi connectivity index (χ0n) is 44.1. The molecule has 0 aliphatic heterocycles. The van der Waals surface area contributed by atoms with E-state index in [1.165, 1.54) is 199 Å². The van der Waals surface area contributed by atoms with Crippen LogP contribution < -0.4 is 0 Å². The SMILES string of the molecule is CCC(C)CCCCCCCCCCCCCCCCC(=O)OC[C@@H](COC(=O)CCCCCCCCCCCCCCCCC(C)C)OC(=O)CCCCCCCCCCC(C)C. The summed E-state index contributed by atoms with van der Waals surface area (Å²) in [6, 6.07) is 0. The summed E-state index contributed by atoms with van der Waals surface area (Å²) in [5.41, 5.74) is 0. The van der Waals surface area contributed by atoms with E-state index < -0.39 is 6.10 Å². The van der Waals surface area contributed by atoms with E-state index in [0.29, 0.717) is 19.3 Å². The first-order valence-corrected chi connectivity index (χ1v) is 28.6. The fourth-order valence-electron chi connectivity index (χ4n) is 8.79. The normalized spacial score (nSPS) is 12.6. The molecule has 0 amide bonds. The number of unbranched alkanes of at least 4 members (excludes halogenated alkanes) is 33. The van der Waals surface area contributed by atoms with Gasteiger partial charge in [-0.3, -0.25) is 14.4 Å². The number of carbonyl (C=O) groups excluding carboxylic acids is 3. The third-order valence-electron chi connectivity index (χ3n) is 13.5. The number of hydrogen-bond acceptors (Lipinski definition) is 6. The summed E-state index contributed by atoms with van der Waals surface area (Å²) in [6.07, 6.45) is 50.9. The molecule has 0 saturated carbocycles. The van der Waals surface area contributed by atoms with Crippen molar-refractivity contribution in [3.05, 3.63) is 0 Å². The van der Waals surface area contributed by atoms with E-state index in [2.05, 4.69) is 41.5 Å². The summed E-state index contributed by atoms with van der Waals surface area (Å²) >= 11 is 0. The van der Waals surface area contributed by atoms with Crippen LogP contribution in [0.5, 0.6) is 0 Å². The fourth-order valence-corrected chi connectivity index (χ4v) is 8.79. The van der Waals surface area contributed by atoms with Crippen LogP contribution in [0.15, 0.2) is 0 Å². The second kappa shape index (κ2) is 49.3. The highest BCUT2D eigenvalue weighted by Gasteiger charge is 2.19. The fraction of sp³-hybridized carbons (Fsp3) is 0.948. The minimum Gasteiger partial charge on any atom is -0.462 e. The maximum atomic E-state index is 12.8. The Balaban J connectivity index is 4.25. The molecule has 0 aromatic heterocycles. The van der Waals surface area contributed by atoms with E-state index in [9.17, 15) is 14.4 Å². The van der Waals surface area contributed by atoms with E-state index in [-0.39, 0.29) is 31.1 Å². The number of esters is 3. The predicted octanol–water partition coefficient (Wildman–Crippen LogP) is 18.7. The molecule has 0 aromatic rings. The Morgan fingerprint density at radius 1 is 0.312 bits per heavy atom. The van der Waals surface area contributed by atoms with E-state index >= 15 is 0 Å². The molecule has 0 bridgehead atoms. The van der Waals surface area contributed by atoms with E-state index in [1.54, 1.807) is 0 Å². The first-order valence-electron chi connectivity index (χ1n) is 28.6. The van der Waals surface area contributed by atoms with Crippen molar-refractivity contribution in [2.45, 2.75) is 324 Å². The zero-order valence-corrected chi connectivity index (χ0v) is 44.1. The number of carbonyl (C=O) groups is 3. The summed E-state index contributed by atoms with van der Waals surface area (Å²) in [7, 11) is 0. The maximum absolute atomic E-state index is 12.8. The number of ether oxygens (including phenoxy) is 3. The highest BCUT2D eigenvalue weighted by atomic mass is 16.6. The highest BCUT2D eigenvalue weighted by molar-refractivity contribution is 5.71. The molecule has 0 spiro atoms. The monoisotopic (exact) mass is 905 g/mol. The molecule has 0 N–H and O–H groups in total. The van der Waals surface area contributed by atoms with Crippen LogP contribution in [0.2, 0.25) is 0 Å². The third kappa shape index (κ3) is 49.8. The average molecular weight is 906 g/mol. The molecule has 2 atom stereocenters. The Bertz CT molecular complexity index is 993. The largest absolute Gasteiger partial charge is 0.462 e. The smallest absolute Gasteiger partial charge is 0.306 e. The summed E-state index contributed by atoms with van der Waals surface area (Å²) in [6.45, 7) is 13.8. The number of rotatable bonds is 51. The Morgan fingerprint density at radius 3 is 0.812 bits per heavy atom. The molecule has 0 heterocycles. The van der Waals surface area contributed by atoms with Gasteiger partial charge in [-0.25, -0.2) is 0 Å². The van der Waals surface area contributed by atoms with Crippen molar-refractivity contribution in [2.75, 3.05) is 13.2 Å². The van der Waals surface area contributed by atoms with E-state index in [0.717, 1.165) is 75.5 Å². The van der Waals surface area contributed by atoms with E-state index in [4.69, 9.17) is 14.2 Å². The van der Waals surface area contributed by atoms with Gasteiger partial charge in [0.1, 0.15) is 13.2 Å². The molecule has 0 fully saturated rings. The maximum Gasteiger partial charge on any atom is 0.306 e. The molecular weight excluding hydrogens is 793 g/mol. The minimum atomic E-state index is -0.763. The Morgan fingerprint density at radius 2 is 0.547 bits per heavy atom.